The molecule has 6 rings (SSSR count). The van der Waals surface area contributed by atoms with Crippen molar-refractivity contribution < 1.29 is 9.84 Å². The highest BCUT2D eigenvalue weighted by molar-refractivity contribution is 5.82. The monoisotopic (exact) mass is 481 g/mol. The molecule has 36 heavy (non-hydrogen) atoms. The van der Waals surface area contributed by atoms with Crippen molar-refractivity contribution in [1.82, 2.24) is 19.3 Å². The summed E-state index contributed by atoms with van der Waals surface area (Å²) in [6, 6.07) is 15.7. The van der Waals surface area contributed by atoms with Crippen molar-refractivity contribution >= 4 is 5.65 Å². The molecule has 0 spiro atoms. The number of aryl methyl sites for hydroxylation is 1. The van der Waals surface area contributed by atoms with Crippen LogP contribution in [-0.4, -0.2) is 51.6 Å². The third-order valence-electron chi connectivity index (χ3n) is 7.04. The maximum absolute atomic E-state index is 10.4. The SMILES string of the molecule is CN1CCCCC1.COc1nc(-c2ccc(C#N)cc2)c(-c2ccc3c(c2)C(O)CC3)n2ccnc12. The summed E-state index contributed by atoms with van der Waals surface area (Å²) >= 11 is 0. The Morgan fingerprint density at radius 2 is 1.81 bits per heavy atom. The molecular formula is C29H31N5O2. The first-order valence-electron chi connectivity index (χ1n) is 12.5. The second-order valence-electron chi connectivity index (χ2n) is 9.46. The van der Waals surface area contributed by atoms with E-state index in [9.17, 15) is 5.11 Å². The van der Waals surface area contributed by atoms with E-state index < -0.39 is 6.10 Å². The van der Waals surface area contributed by atoms with Gasteiger partial charge < -0.3 is 14.7 Å². The number of likely N-dealkylation sites (tertiary alicyclic amines) is 1. The quantitative estimate of drug-likeness (QED) is 0.442. The van der Waals surface area contributed by atoms with Crippen molar-refractivity contribution in [2.75, 3.05) is 27.2 Å². The molecule has 1 atom stereocenters. The molecule has 0 amide bonds. The molecule has 1 fully saturated rings. The standard InChI is InChI=1S/C23H18N4O2.C6H13N/c1-29-23-22-25-10-11-27(22)21(17-7-6-15-8-9-19(28)18(15)12-17)20(26-23)16-4-2-14(13-24)3-5-16;1-7-5-3-2-4-6-7/h2-7,10-12,19,28H,8-9H2,1H3;2-6H2,1H3. The zero-order valence-corrected chi connectivity index (χ0v) is 20.8. The van der Waals surface area contributed by atoms with Gasteiger partial charge in [0.25, 0.3) is 5.88 Å². The van der Waals surface area contributed by atoms with Crippen LogP contribution >= 0.6 is 0 Å². The molecule has 0 bridgehead atoms. The zero-order chi connectivity index (χ0) is 25.1. The first-order valence-corrected chi connectivity index (χ1v) is 12.5. The van der Waals surface area contributed by atoms with E-state index in [1.807, 2.05) is 28.8 Å². The van der Waals surface area contributed by atoms with Gasteiger partial charge in [-0.1, -0.05) is 30.7 Å². The van der Waals surface area contributed by atoms with E-state index >= 15 is 0 Å². The molecule has 2 aromatic carbocycles. The largest absolute Gasteiger partial charge is 0.478 e. The highest BCUT2D eigenvalue weighted by Gasteiger charge is 2.23. The molecule has 2 aromatic heterocycles. The Bertz CT molecular complexity index is 1400. The van der Waals surface area contributed by atoms with E-state index in [0.717, 1.165) is 40.9 Å². The molecule has 3 heterocycles. The number of nitrogens with zero attached hydrogens (tertiary/aromatic N) is 5. The molecule has 184 valence electrons. The number of aliphatic hydroxyl groups is 1. The van der Waals surface area contributed by atoms with E-state index in [0.29, 0.717) is 17.1 Å². The Morgan fingerprint density at radius 3 is 2.47 bits per heavy atom. The second-order valence-corrected chi connectivity index (χ2v) is 9.46. The van der Waals surface area contributed by atoms with Crippen LogP contribution in [0.3, 0.4) is 0 Å². The number of rotatable bonds is 3. The molecular weight excluding hydrogens is 450 g/mol. The van der Waals surface area contributed by atoms with E-state index in [4.69, 9.17) is 15.0 Å². The van der Waals surface area contributed by atoms with Crippen LogP contribution < -0.4 is 4.74 Å². The van der Waals surface area contributed by atoms with Crippen LogP contribution in [0.4, 0.5) is 0 Å². The predicted molar refractivity (Wildman–Crippen MR) is 140 cm³/mol. The van der Waals surface area contributed by atoms with Gasteiger partial charge >= 0.3 is 0 Å². The fraction of sp³-hybridized carbons (Fsp3) is 0.345. The van der Waals surface area contributed by atoms with Crippen molar-refractivity contribution in [2.24, 2.45) is 0 Å². The lowest BCUT2D eigenvalue weighted by molar-refractivity contribution is 0.180. The van der Waals surface area contributed by atoms with Gasteiger partial charge in [0.1, 0.15) is 0 Å². The topological polar surface area (TPSA) is 86.7 Å². The number of aliphatic hydroxyl groups excluding tert-OH is 1. The highest BCUT2D eigenvalue weighted by Crippen LogP contribution is 2.38. The molecule has 1 unspecified atom stereocenters. The summed E-state index contributed by atoms with van der Waals surface area (Å²) in [5.41, 5.74) is 6.78. The lowest BCUT2D eigenvalue weighted by Crippen LogP contribution is -2.24. The van der Waals surface area contributed by atoms with Crippen molar-refractivity contribution in [3.63, 3.8) is 0 Å². The summed E-state index contributed by atoms with van der Waals surface area (Å²) in [5.74, 6) is 0.430. The maximum atomic E-state index is 10.4. The fourth-order valence-electron chi connectivity index (χ4n) is 5.06. The van der Waals surface area contributed by atoms with Gasteiger partial charge in [-0.3, -0.25) is 4.40 Å². The van der Waals surface area contributed by atoms with Gasteiger partial charge in [-0.05, 0) is 75.1 Å². The van der Waals surface area contributed by atoms with Crippen LogP contribution in [0.2, 0.25) is 0 Å². The average molecular weight is 482 g/mol. The summed E-state index contributed by atoms with van der Waals surface area (Å²) in [4.78, 5) is 11.6. The van der Waals surface area contributed by atoms with Crippen LogP contribution in [0.25, 0.3) is 28.2 Å². The van der Waals surface area contributed by atoms with Crippen molar-refractivity contribution in [3.8, 4) is 34.5 Å². The van der Waals surface area contributed by atoms with E-state index in [-0.39, 0.29) is 0 Å². The maximum Gasteiger partial charge on any atom is 0.258 e. The molecule has 0 radical (unpaired) electrons. The van der Waals surface area contributed by atoms with Gasteiger partial charge in [0, 0.05) is 23.5 Å². The number of aromatic nitrogens is 3. The van der Waals surface area contributed by atoms with Crippen LogP contribution in [0, 0.1) is 11.3 Å². The Labute approximate surface area is 211 Å². The van der Waals surface area contributed by atoms with Gasteiger partial charge in [-0.15, -0.1) is 0 Å². The van der Waals surface area contributed by atoms with Crippen molar-refractivity contribution in [2.45, 2.75) is 38.2 Å². The number of fused-ring (bicyclic) bond motifs is 2. The van der Waals surface area contributed by atoms with E-state index in [1.165, 1.54) is 37.9 Å². The molecule has 2 aliphatic rings. The molecule has 1 N–H and O–H groups in total. The smallest absolute Gasteiger partial charge is 0.258 e. The predicted octanol–water partition coefficient (Wildman–Crippen LogP) is 5.03. The molecule has 1 saturated heterocycles. The number of hydrogen-bond donors (Lipinski definition) is 1. The first-order chi connectivity index (χ1) is 17.6. The summed E-state index contributed by atoms with van der Waals surface area (Å²) in [7, 11) is 3.77. The molecule has 1 aliphatic heterocycles. The Morgan fingerprint density at radius 1 is 1.06 bits per heavy atom. The number of ether oxygens (including phenoxy) is 1. The van der Waals surface area contributed by atoms with Crippen LogP contribution in [0.15, 0.2) is 54.9 Å². The summed E-state index contributed by atoms with van der Waals surface area (Å²) in [5, 5.41) is 19.5. The third-order valence-corrected chi connectivity index (χ3v) is 7.04. The molecule has 7 heteroatoms. The number of nitriles is 1. The number of methoxy groups -OCH3 is 1. The first kappa shape index (κ1) is 24.0. The van der Waals surface area contributed by atoms with Gasteiger partial charge in [0.15, 0.2) is 0 Å². The Balaban J connectivity index is 0.000000330. The van der Waals surface area contributed by atoms with Crippen molar-refractivity contribution in [1.29, 1.82) is 5.26 Å². The minimum absolute atomic E-state index is 0.430. The molecule has 0 saturated carbocycles. The summed E-state index contributed by atoms with van der Waals surface area (Å²) < 4.78 is 7.45. The molecule has 1 aliphatic carbocycles. The molecule has 4 aromatic rings. The van der Waals surface area contributed by atoms with Crippen molar-refractivity contribution in [3.05, 3.63) is 71.5 Å². The Hall–Kier alpha value is -3.73. The minimum atomic E-state index is -0.437. The minimum Gasteiger partial charge on any atom is -0.478 e. The molecule has 7 nitrogen and oxygen atoms in total. The third kappa shape index (κ3) is 4.70. The number of imidazole rings is 1. The van der Waals surface area contributed by atoms with Crippen LogP contribution in [-0.2, 0) is 6.42 Å². The lowest BCUT2D eigenvalue weighted by Gasteiger charge is -2.20. The van der Waals surface area contributed by atoms with E-state index in [2.05, 4.69) is 35.1 Å². The average Bonchev–Trinajstić information content (AvgIpc) is 3.55. The summed E-state index contributed by atoms with van der Waals surface area (Å²) in [6.45, 7) is 2.64. The van der Waals surface area contributed by atoms with E-state index in [1.54, 1.807) is 25.4 Å². The highest BCUT2D eigenvalue weighted by atomic mass is 16.5. The van der Waals surface area contributed by atoms with Gasteiger partial charge in [-0.25, -0.2) is 9.97 Å². The second kappa shape index (κ2) is 10.5. The van der Waals surface area contributed by atoms with Gasteiger partial charge in [0.05, 0.1) is 36.2 Å². The van der Waals surface area contributed by atoms with Crippen LogP contribution in [0.1, 0.15) is 48.5 Å². The lowest BCUT2D eigenvalue weighted by atomic mass is 9.99. The number of piperidine rings is 1. The Kier molecular flexibility index (Phi) is 6.99. The summed E-state index contributed by atoms with van der Waals surface area (Å²) in [6.07, 6.45) is 9.08. The van der Waals surface area contributed by atoms with Crippen LogP contribution in [0.5, 0.6) is 5.88 Å². The number of benzene rings is 2. The normalized spacial score (nSPS) is 17.2. The van der Waals surface area contributed by atoms with Gasteiger partial charge in [0.2, 0.25) is 5.65 Å². The van der Waals surface area contributed by atoms with Gasteiger partial charge in [-0.2, -0.15) is 5.26 Å². The fourth-order valence-corrected chi connectivity index (χ4v) is 5.06. The zero-order valence-electron chi connectivity index (χ0n) is 20.8. The number of hydrogen-bond acceptors (Lipinski definition) is 6.